The fourth-order valence-electron chi connectivity index (χ4n) is 4.65. The molecule has 0 bridgehead atoms. The maximum atomic E-state index is 11.4. The first-order chi connectivity index (χ1) is 15.4. The van der Waals surface area contributed by atoms with E-state index < -0.39 is 4.92 Å². The number of fused-ring (bicyclic) bond motifs is 3. The molecule has 0 saturated heterocycles. The highest BCUT2D eigenvalue weighted by molar-refractivity contribution is 6.32. The van der Waals surface area contributed by atoms with Crippen molar-refractivity contribution in [1.29, 1.82) is 0 Å². The molecular formula is C25H23ClN4O2. The Bertz CT molecular complexity index is 1310. The highest BCUT2D eigenvalue weighted by atomic mass is 35.5. The van der Waals surface area contributed by atoms with E-state index >= 15 is 0 Å². The van der Waals surface area contributed by atoms with Crippen LogP contribution in [0.15, 0.2) is 66.7 Å². The summed E-state index contributed by atoms with van der Waals surface area (Å²) in [6.45, 7) is 0.719. The van der Waals surface area contributed by atoms with Gasteiger partial charge in [0, 0.05) is 54.9 Å². The first-order valence-electron chi connectivity index (χ1n) is 10.5. The van der Waals surface area contributed by atoms with E-state index in [0.29, 0.717) is 0 Å². The van der Waals surface area contributed by atoms with Crippen molar-refractivity contribution < 1.29 is 4.92 Å². The van der Waals surface area contributed by atoms with Crippen molar-refractivity contribution in [1.82, 2.24) is 10.3 Å². The number of para-hydroxylation sites is 1. The lowest BCUT2D eigenvalue weighted by Crippen LogP contribution is -2.34. The molecule has 0 radical (unpaired) electrons. The molecule has 1 aromatic heterocycles. The summed E-state index contributed by atoms with van der Waals surface area (Å²) in [4.78, 5) is 16.7. The predicted molar refractivity (Wildman–Crippen MR) is 129 cm³/mol. The summed E-state index contributed by atoms with van der Waals surface area (Å²) in [6, 6.07) is 21.7. The number of benzene rings is 3. The highest BCUT2D eigenvalue weighted by Crippen LogP contribution is 2.42. The number of nitrogens with zero attached hydrogens (tertiary/aromatic N) is 2. The molecule has 0 fully saturated rings. The first-order valence-corrected chi connectivity index (χ1v) is 10.9. The Labute approximate surface area is 191 Å². The van der Waals surface area contributed by atoms with Gasteiger partial charge in [0.05, 0.1) is 11.0 Å². The van der Waals surface area contributed by atoms with Crippen molar-refractivity contribution >= 4 is 33.9 Å². The molecule has 2 N–H and O–H groups in total. The van der Waals surface area contributed by atoms with Crippen molar-refractivity contribution in [2.24, 2.45) is 0 Å². The minimum atomic E-state index is -0.435. The van der Waals surface area contributed by atoms with Crippen LogP contribution in [0.5, 0.6) is 0 Å². The lowest BCUT2D eigenvalue weighted by Gasteiger charge is -2.31. The maximum absolute atomic E-state index is 11.4. The zero-order chi connectivity index (χ0) is 22.4. The molecule has 0 amide bonds. The van der Waals surface area contributed by atoms with Gasteiger partial charge in [-0.1, -0.05) is 48.0 Å². The molecule has 2 heterocycles. The molecule has 0 aliphatic carbocycles. The highest BCUT2D eigenvalue weighted by Gasteiger charge is 2.33. The van der Waals surface area contributed by atoms with Crippen LogP contribution in [0.3, 0.4) is 0 Å². The summed E-state index contributed by atoms with van der Waals surface area (Å²) in [5.74, 6) is 0.163. The van der Waals surface area contributed by atoms with Crippen molar-refractivity contribution in [2.75, 3.05) is 25.5 Å². The Morgan fingerprint density at radius 2 is 1.75 bits per heavy atom. The van der Waals surface area contributed by atoms with Crippen molar-refractivity contribution in [2.45, 2.75) is 12.0 Å². The second-order valence-corrected chi connectivity index (χ2v) is 8.75. The average molecular weight is 447 g/mol. The van der Waals surface area contributed by atoms with Crippen molar-refractivity contribution in [3.05, 3.63) is 104 Å². The van der Waals surface area contributed by atoms with Crippen LogP contribution < -0.4 is 10.2 Å². The van der Waals surface area contributed by atoms with Gasteiger partial charge in [-0.3, -0.25) is 10.1 Å². The van der Waals surface area contributed by atoms with Crippen LogP contribution in [0.4, 0.5) is 11.4 Å². The largest absolute Gasteiger partial charge is 0.378 e. The van der Waals surface area contributed by atoms with E-state index in [1.54, 1.807) is 12.1 Å². The quantitative estimate of drug-likeness (QED) is 0.315. The van der Waals surface area contributed by atoms with Crippen LogP contribution in [0.1, 0.15) is 34.3 Å². The number of nitro groups is 1. The van der Waals surface area contributed by atoms with E-state index in [1.807, 2.05) is 32.3 Å². The standard InChI is InChI=1S/C25H23ClN4O2/c1-29(2)17-10-7-15(8-11-17)19-14-27-24(16-9-12-20(26)22(13-16)30(31)32)25-23(19)18-5-3-4-6-21(18)28-25/h3-13,19,24,27-28H,14H2,1-2H3/t19-,24+/m1/s1. The number of hydrogen-bond acceptors (Lipinski definition) is 4. The summed E-state index contributed by atoms with van der Waals surface area (Å²) in [6.07, 6.45) is 0. The molecule has 0 spiro atoms. The summed E-state index contributed by atoms with van der Waals surface area (Å²) in [5, 5.41) is 16.4. The first kappa shape index (κ1) is 20.5. The van der Waals surface area contributed by atoms with Gasteiger partial charge >= 0.3 is 0 Å². The number of aromatic amines is 1. The lowest BCUT2D eigenvalue weighted by atomic mass is 9.83. The fourth-order valence-corrected chi connectivity index (χ4v) is 4.84. The van der Waals surface area contributed by atoms with Gasteiger partial charge in [-0.25, -0.2) is 0 Å². The zero-order valence-electron chi connectivity index (χ0n) is 17.8. The van der Waals surface area contributed by atoms with Crippen LogP contribution in [0.2, 0.25) is 5.02 Å². The van der Waals surface area contributed by atoms with Gasteiger partial charge in [-0.05, 0) is 41.0 Å². The maximum Gasteiger partial charge on any atom is 0.288 e. The van der Waals surface area contributed by atoms with Gasteiger partial charge in [0.25, 0.3) is 5.69 Å². The van der Waals surface area contributed by atoms with Gasteiger partial charge in [-0.2, -0.15) is 0 Å². The van der Waals surface area contributed by atoms with Crippen LogP contribution in [-0.4, -0.2) is 30.5 Å². The summed E-state index contributed by atoms with van der Waals surface area (Å²) >= 11 is 6.06. The Morgan fingerprint density at radius 3 is 2.47 bits per heavy atom. The van der Waals surface area contributed by atoms with Gasteiger partial charge < -0.3 is 15.2 Å². The Kier molecular flexibility index (Phi) is 5.12. The number of aromatic nitrogens is 1. The van der Waals surface area contributed by atoms with E-state index in [1.165, 1.54) is 16.5 Å². The lowest BCUT2D eigenvalue weighted by molar-refractivity contribution is -0.384. The van der Waals surface area contributed by atoms with Crippen molar-refractivity contribution in [3.63, 3.8) is 0 Å². The third-order valence-corrected chi connectivity index (χ3v) is 6.57. The molecule has 0 saturated carbocycles. The topological polar surface area (TPSA) is 74.2 Å². The van der Waals surface area contributed by atoms with Crippen LogP contribution in [0, 0.1) is 10.1 Å². The molecule has 0 unspecified atom stereocenters. The number of H-pyrrole nitrogens is 1. The number of nitro benzene ring substituents is 1. The second-order valence-electron chi connectivity index (χ2n) is 8.35. The summed E-state index contributed by atoms with van der Waals surface area (Å²) < 4.78 is 0. The Hall–Kier alpha value is -3.35. The molecule has 3 aromatic carbocycles. The summed E-state index contributed by atoms with van der Waals surface area (Å²) in [5.41, 5.74) is 6.46. The van der Waals surface area contributed by atoms with E-state index in [4.69, 9.17) is 11.6 Å². The molecule has 4 aromatic rings. The summed E-state index contributed by atoms with van der Waals surface area (Å²) in [7, 11) is 4.07. The van der Waals surface area contributed by atoms with E-state index in [0.717, 1.165) is 29.0 Å². The Morgan fingerprint density at radius 1 is 1.03 bits per heavy atom. The zero-order valence-corrected chi connectivity index (χ0v) is 18.6. The Balaban J connectivity index is 1.64. The number of nitrogens with one attached hydrogen (secondary N) is 2. The number of hydrogen-bond donors (Lipinski definition) is 2. The minimum absolute atomic E-state index is 0.0787. The normalized spacial score (nSPS) is 17.8. The smallest absolute Gasteiger partial charge is 0.288 e. The molecule has 1 aliphatic heterocycles. The number of rotatable bonds is 4. The molecule has 2 atom stereocenters. The number of halogens is 1. The minimum Gasteiger partial charge on any atom is -0.378 e. The third-order valence-electron chi connectivity index (χ3n) is 6.25. The SMILES string of the molecule is CN(C)c1ccc([C@H]2CN[C@@H](c3ccc(Cl)c([N+](=O)[O-])c3)c3[nH]c4ccccc4c32)cc1. The van der Waals surface area contributed by atoms with Gasteiger partial charge in [0.15, 0.2) is 0 Å². The average Bonchev–Trinajstić information content (AvgIpc) is 3.18. The molecule has 32 heavy (non-hydrogen) atoms. The van der Waals surface area contributed by atoms with Gasteiger partial charge in [0.1, 0.15) is 5.02 Å². The number of anilines is 1. The molecule has 1 aliphatic rings. The molecule has 162 valence electrons. The molecule has 7 heteroatoms. The molecule has 6 nitrogen and oxygen atoms in total. The van der Waals surface area contributed by atoms with E-state index in [-0.39, 0.29) is 22.7 Å². The van der Waals surface area contributed by atoms with Crippen LogP contribution in [-0.2, 0) is 0 Å². The van der Waals surface area contributed by atoms with Crippen LogP contribution in [0.25, 0.3) is 10.9 Å². The van der Waals surface area contributed by atoms with Gasteiger partial charge in [-0.15, -0.1) is 0 Å². The fraction of sp³-hybridized carbons (Fsp3) is 0.200. The monoisotopic (exact) mass is 446 g/mol. The van der Waals surface area contributed by atoms with Crippen LogP contribution >= 0.6 is 11.6 Å². The molecular weight excluding hydrogens is 424 g/mol. The van der Waals surface area contributed by atoms with Crippen molar-refractivity contribution in [3.8, 4) is 0 Å². The van der Waals surface area contributed by atoms with E-state index in [9.17, 15) is 10.1 Å². The predicted octanol–water partition coefficient (Wildman–Crippen LogP) is 5.62. The van der Waals surface area contributed by atoms with Gasteiger partial charge in [0.2, 0.25) is 0 Å². The van der Waals surface area contributed by atoms with E-state index in [2.05, 4.69) is 51.6 Å². The third kappa shape index (κ3) is 3.42. The second kappa shape index (κ2) is 7.97. The molecule has 5 rings (SSSR count).